The summed E-state index contributed by atoms with van der Waals surface area (Å²) >= 11 is 0. The van der Waals surface area contributed by atoms with Crippen molar-refractivity contribution in [1.82, 2.24) is 19.9 Å². The molecule has 0 spiro atoms. The first-order chi connectivity index (χ1) is 17.9. The Labute approximate surface area is 210 Å². The van der Waals surface area contributed by atoms with Crippen LogP contribution in [0, 0.1) is 5.82 Å². The highest BCUT2D eigenvalue weighted by molar-refractivity contribution is 5.92. The summed E-state index contributed by atoms with van der Waals surface area (Å²) in [7, 11) is 1.60. The Hall–Kier alpha value is -4.99. The highest BCUT2D eigenvalue weighted by atomic mass is 19.1. The van der Waals surface area contributed by atoms with Gasteiger partial charge < -0.3 is 20.1 Å². The van der Waals surface area contributed by atoms with Gasteiger partial charge in [0.05, 0.1) is 24.9 Å². The van der Waals surface area contributed by atoms with Crippen LogP contribution in [0.3, 0.4) is 0 Å². The number of carboxylic acid groups (broad SMARTS) is 1. The topological polar surface area (TPSA) is 129 Å². The molecular formula is C27H22FN5O4. The number of hydrogen-bond donors (Lipinski definition) is 2. The molecule has 0 aliphatic carbocycles. The molecule has 0 saturated heterocycles. The van der Waals surface area contributed by atoms with Gasteiger partial charge in [0.25, 0.3) is 0 Å². The summed E-state index contributed by atoms with van der Waals surface area (Å²) in [5, 5.41) is 17.4. The van der Waals surface area contributed by atoms with Crippen molar-refractivity contribution in [1.29, 1.82) is 0 Å². The minimum atomic E-state index is -1.14. The molecule has 1 atom stereocenters. The highest BCUT2D eigenvalue weighted by Crippen LogP contribution is 2.31. The molecule has 5 aromatic rings. The first-order valence-corrected chi connectivity index (χ1v) is 11.3. The predicted octanol–water partition coefficient (Wildman–Crippen LogP) is 4.73. The van der Waals surface area contributed by atoms with Crippen molar-refractivity contribution >= 4 is 11.8 Å². The molecule has 0 aliphatic rings. The number of ether oxygens (including phenoxy) is 1. The van der Waals surface area contributed by atoms with Crippen molar-refractivity contribution < 1.29 is 23.6 Å². The normalized spacial score (nSPS) is 11.8. The second kappa shape index (κ2) is 9.94. The standard InChI is InChI=1S/C27H22FN5O4/c1-36-21-11-7-17(8-12-21)22(26-31-25(32-37-26)18-3-2-4-19(28)14-18)13-16-5-9-20(10-6-16)33-24(29)23(15-30-33)27(34)35/h2-12,14-15,22H,13,29H2,1H3,(H,34,35). The minimum Gasteiger partial charge on any atom is -0.497 e. The Morgan fingerprint density at radius 1 is 1.14 bits per heavy atom. The van der Waals surface area contributed by atoms with E-state index in [1.54, 1.807) is 31.4 Å². The Morgan fingerprint density at radius 3 is 2.54 bits per heavy atom. The number of rotatable bonds is 8. The Balaban J connectivity index is 1.46. The fourth-order valence-electron chi connectivity index (χ4n) is 4.04. The van der Waals surface area contributed by atoms with E-state index in [2.05, 4.69) is 15.2 Å². The number of nitrogens with two attached hydrogens (primary N) is 1. The van der Waals surface area contributed by atoms with Crippen molar-refractivity contribution in [3.05, 3.63) is 107 Å². The average molecular weight is 500 g/mol. The van der Waals surface area contributed by atoms with Crippen molar-refractivity contribution in [3.8, 4) is 22.8 Å². The molecule has 0 fully saturated rings. The summed E-state index contributed by atoms with van der Waals surface area (Å²) in [5.74, 6) is -0.367. The van der Waals surface area contributed by atoms with Gasteiger partial charge in [0, 0.05) is 5.56 Å². The van der Waals surface area contributed by atoms with Crippen LogP contribution in [0.4, 0.5) is 10.2 Å². The number of halogens is 1. The third-order valence-corrected chi connectivity index (χ3v) is 6.00. The molecular weight excluding hydrogens is 477 g/mol. The van der Waals surface area contributed by atoms with Gasteiger partial charge in [-0.1, -0.05) is 41.6 Å². The Bertz CT molecular complexity index is 1540. The monoisotopic (exact) mass is 499 g/mol. The van der Waals surface area contributed by atoms with Crippen LogP contribution in [0.15, 0.2) is 83.5 Å². The highest BCUT2D eigenvalue weighted by Gasteiger charge is 2.23. The molecule has 2 heterocycles. The number of aromatic carboxylic acids is 1. The molecule has 3 N–H and O–H groups in total. The summed E-state index contributed by atoms with van der Waals surface area (Å²) in [6, 6.07) is 21.0. The molecule has 5 rings (SSSR count). The van der Waals surface area contributed by atoms with Gasteiger partial charge in [-0.3, -0.25) is 0 Å². The van der Waals surface area contributed by atoms with Crippen molar-refractivity contribution in [2.24, 2.45) is 0 Å². The lowest BCUT2D eigenvalue weighted by Gasteiger charge is -2.15. The molecule has 1 unspecified atom stereocenters. The lowest BCUT2D eigenvalue weighted by molar-refractivity contribution is 0.0698. The lowest BCUT2D eigenvalue weighted by Crippen LogP contribution is -2.07. The van der Waals surface area contributed by atoms with Crippen LogP contribution in [0.1, 0.15) is 33.3 Å². The summed E-state index contributed by atoms with van der Waals surface area (Å²) in [6.07, 6.45) is 1.74. The van der Waals surface area contributed by atoms with Crippen LogP contribution in [0.25, 0.3) is 17.1 Å². The van der Waals surface area contributed by atoms with E-state index in [4.69, 9.17) is 15.0 Å². The maximum atomic E-state index is 13.7. The van der Waals surface area contributed by atoms with Gasteiger partial charge in [0.15, 0.2) is 0 Å². The minimum absolute atomic E-state index is 0.0482. The number of methoxy groups -OCH3 is 1. The third kappa shape index (κ3) is 4.90. The quantitative estimate of drug-likeness (QED) is 0.314. The number of aromatic nitrogens is 4. The van der Waals surface area contributed by atoms with E-state index in [1.807, 2.05) is 36.4 Å². The summed E-state index contributed by atoms with van der Waals surface area (Å²) < 4.78 is 26.0. The molecule has 2 aromatic heterocycles. The van der Waals surface area contributed by atoms with Crippen LogP contribution in [0.5, 0.6) is 5.75 Å². The second-order valence-electron chi connectivity index (χ2n) is 8.32. The SMILES string of the molecule is COc1ccc(C(Cc2ccc(-n3ncc(C(=O)O)c3N)cc2)c2nc(-c3cccc(F)c3)no2)cc1. The molecule has 10 heteroatoms. The van der Waals surface area contributed by atoms with Gasteiger partial charge in [0.1, 0.15) is 22.9 Å². The van der Waals surface area contributed by atoms with E-state index in [-0.39, 0.29) is 23.1 Å². The third-order valence-electron chi connectivity index (χ3n) is 6.00. The number of nitrogen functional groups attached to an aromatic ring is 1. The van der Waals surface area contributed by atoms with E-state index in [9.17, 15) is 14.3 Å². The predicted molar refractivity (Wildman–Crippen MR) is 133 cm³/mol. The first-order valence-electron chi connectivity index (χ1n) is 11.3. The van der Waals surface area contributed by atoms with Crippen molar-refractivity contribution in [2.75, 3.05) is 12.8 Å². The van der Waals surface area contributed by atoms with Gasteiger partial charge in [0.2, 0.25) is 11.7 Å². The molecule has 186 valence electrons. The number of hydrogen-bond acceptors (Lipinski definition) is 7. The number of carboxylic acids is 1. The van der Waals surface area contributed by atoms with Crippen molar-refractivity contribution in [2.45, 2.75) is 12.3 Å². The van der Waals surface area contributed by atoms with Crippen LogP contribution in [0.2, 0.25) is 0 Å². The molecule has 0 amide bonds. The number of benzene rings is 3. The molecule has 0 aliphatic heterocycles. The lowest BCUT2D eigenvalue weighted by atomic mass is 9.91. The number of anilines is 1. The van der Waals surface area contributed by atoms with Crippen LogP contribution in [-0.4, -0.2) is 38.1 Å². The Kier molecular flexibility index (Phi) is 6.38. The van der Waals surface area contributed by atoms with Crippen LogP contribution in [-0.2, 0) is 6.42 Å². The smallest absolute Gasteiger partial charge is 0.341 e. The van der Waals surface area contributed by atoms with Gasteiger partial charge in [-0.05, 0) is 53.9 Å². The zero-order valence-corrected chi connectivity index (χ0v) is 19.7. The zero-order chi connectivity index (χ0) is 25.9. The maximum Gasteiger partial charge on any atom is 0.341 e. The Morgan fingerprint density at radius 2 is 1.89 bits per heavy atom. The van der Waals surface area contributed by atoms with Crippen molar-refractivity contribution in [3.63, 3.8) is 0 Å². The second-order valence-corrected chi connectivity index (χ2v) is 8.32. The summed E-state index contributed by atoms with van der Waals surface area (Å²) in [5.41, 5.74) is 8.92. The molecule has 3 aromatic carbocycles. The fourth-order valence-corrected chi connectivity index (χ4v) is 4.04. The number of carbonyl (C=O) groups is 1. The van der Waals surface area contributed by atoms with E-state index in [0.717, 1.165) is 16.9 Å². The van der Waals surface area contributed by atoms with E-state index in [1.165, 1.54) is 23.0 Å². The van der Waals surface area contributed by atoms with E-state index >= 15 is 0 Å². The molecule has 9 nitrogen and oxygen atoms in total. The molecule has 0 bridgehead atoms. The largest absolute Gasteiger partial charge is 0.497 e. The van der Waals surface area contributed by atoms with Gasteiger partial charge in [-0.25, -0.2) is 13.9 Å². The zero-order valence-electron chi connectivity index (χ0n) is 19.7. The number of nitrogens with zero attached hydrogens (tertiary/aromatic N) is 4. The van der Waals surface area contributed by atoms with E-state index < -0.39 is 5.97 Å². The maximum absolute atomic E-state index is 13.7. The van der Waals surface area contributed by atoms with Gasteiger partial charge in [-0.2, -0.15) is 10.1 Å². The van der Waals surface area contributed by atoms with Crippen LogP contribution < -0.4 is 10.5 Å². The molecule has 0 saturated carbocycles. The van der Waals surface area contributed by atoms with Gasteiger partial charge >= 0.3 is 5.97 Å². The summed E-state index contributed by atoms with van der Waals surface area (Å²) in [4.78, 5) is 15.9. The fraction of sp³-hybridized carbons (Fsp3) is 0.111. The average Bonchev–Trinajstić information content (AvgIpc) is 3.55. The van der Waals surface area contributed by atoms with Gasteiger partial charge in [-0.15, -0.1) is 0 Å². The first kappa shape index (κ1) is 23.7. The summed E-state index contributed by atoms with van der Waals surface area (Å²) in [6.45, 7) is 0. The van der Waals surface area contributed by atoms with Crippen LogP contribution >= 0.6 is 0 Å². The van der Waals surface area contributed by atoms with E-state index in [0.29, 0.717) is 29.4 Å². The molecule has 37 heavy (non-hydrogen) atoms. The molecule has 0 radical (unpaired) electrons.